The minimum Gasteiger partial charge on any atom is -0.545 e. The van der Waals surface area contributed by atoms with Gasteiger partial charge in [-0.05, 0) is 45.1 Å². The number of nitrogens with zero attached hydrogens (tertiary/aromatic N) is 6. The number of hydrogen-bond acceptors (Lipinski definition) is 22. The number of morpholine rings is 1. The van der Waals surface area contributed by atoms with E-state index in [1.807, 2.05) is 0 Å². The van der Waals surface area contributed by atoms with Crippen LogP contribution in [0.2, 0.25) is 10.2 Å². The molecule has 14 N–H and O–H groups in total. The first kappa shape index (κ1) is 55.1. The van der Waals surface area contributed by atoms with Crippen LogP contribution in [0.5, 0.6) is 5.88 Å². The molecule has 5 rings (SSSR count). The second kappa shape index (κ2) is 24.6. The molecule has 62 heavy (non-hydrogen) atoms. The van der Waals surface area contributed by atoms with Gasteiger partial charge in [0.05, 0.1) is 54.3 Å². The zero-order valence-corrected chi connectivity index (χ0v) is 37.5. The molecule has 0 bridgehead atoms. The van der Waals surface area contributed by atoms with Crippen molar-refractivity contribution in [2.24, 2.45) is 21.6 Å². The van der Waals surface area contributed by atoms with E-state index in [1.165, 1.54) is 6.07 Å². The van der Waals surface area contributed by atoms with Gasteiger partial charge in [-0.2, -0.15) is 14.1 Å². The number of aromatic nitrogens is 4. The molecule has 0 spiro atoms. The molecule has 1 fully saturated rings. The quantitative estimate of drug-likeness (QED) is 0.0537. The smallest absolute Gasteiger partial charge is 0.302 e. The number of primary sulfonamides is 1. The Labute approximate surface area is 375 Å². The van der Waals surface area contributed by atoms with Gasteiger partial charge >= 0.3 is 5.91 Å². The number of fused-ring (bicyclic) bond motifs is 1. The third-order valence-corrected chi connectivity index (χ3v) is 10.5. The number of aliphatic imine (C=N–C) groups is 1. The molecule has 1 saturated heterocycles. The SMILES string of the molecule is CC(C)(C)NC[C@H](O)COc1nsnc1N1CCOCC1.Cl.NC(N)=NC(=O)c1nc(Cl)c(N)nc1N.NS(=O)(=O)c1cc2c(cc1Cl)NCNS2(=O)=O.O=C([O-])/C=C\C(=O)[O-]. The number of anilines is 4. The number of carbonyl (C=O) groups is 3. The molecule has 32 heteroatoms. The van der Waals surface area contributed by atoms with Crippen molar-refractivity contribution in [3.63, 3.8) is 0 Å². The van der Waals surface area contributed by atoms with Gasteiger partial charge in [-0.3, -0.25) is 4.79 Å². The number of sulfonamides is 2. The molecule has 2 aromatic heterocycles. The van der Waals surface area contributed by atoms with Crippen molar-refractivity contribution in [1.29, 1.82) is 0 Å². The molecule has 26 nitrogen and oxygen atoms in total. The van der Waals surface area contributed by atoms with Crippen molar-refractivity contribution < 1.29 is 56.0 Å². The van der Waals surface area contributed by atoms with Crippen LogP contribution in [0.4, 0.5) is 23.1 Å². The highest BCUT2D eigenvalue weighted by Crippen LogP contribution is 2.32. The normalized spacial score (nSPS) is 14.6. The van der Waals surface area contributed by atoms with E-state index >= 15 is 0 Å². The predicted molar refractivity (Wildman–Crippen MR) is 226 cm³/mol. The number of carboxylic acid groups (broad SMARTS) is 2. The molecule has 0 unspecified atom stereocenters. The summed E-state index contributed by atoms with van der Waals surface area (Å²) in [4.78, 5) is 42.0. The highest BCUT2D eigenvalue weighted by molar-refractivity contribution is 7.90. The Morgan fingerprint density at radius 3 is 2.23 bits per heavy atom. The van der Waals surface area contributed by atoms with Gasteiger partial charge in [0.15, 0.2) is 28.4 Å². The van der Waals surface area contributed by atoms with E-state index < -0.39 is 54.9 Å². The Hall–Kier alpha value is -4.95. The van der Waals surface area contributed by atoms with Crippen molar-refractivity contribution in [2.45, 2.75) is 42.2 Å². The van der Waals surface area contributed by atoms with Crippen LogP contribution in [-0.2, 0) is 34.4 Å². The molecule has 0 radical (unpaired) electrons. The number of rotatable bonds is 10. The molecular formula is C30H43Cl3N14O12S3-2. The summed E-state index contributed by atoms with van der Waals surface area (Å²) < 4.78 is 67.3. The number of amides is 1. The van der Waals surface area contributed by atoms with Crippen LogP contribution in [-0.4, -0.2) is 122 Å². The molecule has 2 aliphatic rings. The highest BCUT2D eigenvalue weighted by Gasteiger charge is 2.27. The van der Waals surface area contributed by atoms with E-state index in [0.29, 0.717) is 37.8 Å². The number of guanidine groups is 1. The van der Waals surface area contributed by atoms with E-state index in [0.717, 1.165) is 36.7 Å². The fourth-order valence-electron chi connectivity index (χ4n) is 4.22. The van der Waals surface area contributed by atoms with E-state index in [-0.39, 0.29) is 69.3 Å². The number of benzene rings is 1. The predicted octanol–water partition coefficient (Wildman–Crippen LogP) is -3.68. The average molecular weight is 994 g/mol. The maximum atomic E-state index is 11.6. The van der Waals surface area contributed by atoms with E-state index in [9.17, 15) is 46.5 Å². The maximum Gasteiger partial charge on any atom is 0.302 e. The summed E-state index contributed by atoms with van der Waals surface area (Å²) in [6, 6.07) is 2.15. The van der Waals surface area contributed by atoms with Crippen LogP contribution in [0.25, 0.3) is 0 Å². The number of nitrogen functional groups attached to an aromatic ring is 2. The number of carboxylic acids is 2. The van der Waals surface area contributed by atoms with Gasteiger partial charge in [0.1, 0.15) is 22.5 Å². The number of β-amino-alcohol motifs (C(OH)–C–C–N with tert-alkyl or cyclic N) is 1. The highest BCUT2D eigenvalue weighted by atomic mass is 35.5. The summed E-state index contributed by atoms with van der Waals surface area (Å²) in [6.07, 6.45) is 0.188. The molecule has 1 amide bonds. The largest absolute Gasteiger partial charge is 0.545 e. The van der Waals surface area contributed by atoms with Gasteiger partial charge in [-0.15, -0.1) is 16.8 Å². The standard InChI is InChI=1S/C13H24N4O3S.C7H8ClN3O4S2.C6H8ClN7O.C4H4O4.ClH/c1-13(2,3)14-8-10(18)9-20-12-11(15-21-16-12)17-4-6-19-7-5-17;8-4-1-5-7(2-6(4)16(9,12)13)17(14,15)11-3-10-5;7-2-4(9)13-3(8)1(12-2)5(15)14-6(10)11;5-3(6)1-2-4(7)8;/h10,14,18H,4-9H2,1-3H3;1-2,10-11H,3H2,(H2,9,12,13);(H4,8,9,13)(H4,10,11,14,15);1-2H,(H,5,6)(H,7,8);1H/p-2/b;;;2-1-;/t10-;;;;/m0..../s1. The van der Waals surface area contributed by atoms with E-state index in [1.54, 1.807) is 0 Å². The van der Waals surface area contributed by atoms with Gasteiger partial charge in [0.25, 0.3) is 5.88 Å². The van der Waals surface area contributed by atoms with Crippen LogP contribution in [0, 0.1) is 0 Å². The van der Waals surface area contributed by atoms with Crippen LogP contribution in [0.3, 0.4) is 0 Å². The van der Waals surface area contributed by atoms with Crippen LogP contribution in [0.15, 0.2) is 39.1 Å². The number of carbonyl (C=O) groups excluding carboxylic acids is 3. The first-order valence-corrected chi connectivity index (χ1v) is 21.4. The van der Waals surface area contributed by atoms with Gasteiger partial charge in [0.2, 0.25) is 25.9 Å². The summed E-state index contributed by atoms with van der Waals surface area (Å²) in [7, 11) is -7.80. The number of aliphatic carboxylic acids is 2. The number of nitrogens with two attached hydrogens (primary N) is 5. The van der Waals surface area contributed by atoms with Crippen molar-refractivity contribution in [3.8, 4) is 5.88 Å². The lowest BCUT2D eigenvalue weighted by atomic mass is 10.1. The third-order valence-electron chi connectivity index (χ3n) is 6.90. The number of halogens is 3. The molecule has 4 heterocycles. The van der Waals surface area contributed by atoms with Gasteiger partial charge < -0.3 is 72.9 Å². The lowest BCUT2D eigenvalue weighted by molar-refractivity contribution is -0.301. The molecule has 346 valence electrons. The molecular weight excluding hydrogens is 951 g/mol. The van der Waals surface area contributed by atoms with Crippen LogP contribution >= 0.6 is 47.3 Å². The monoisotopic (exact) mass is 992 g/mol. The molecule has 0 aliphatic carbocycles. The lowest BCUT2D eigenvalue weighted by Crippen LogP contribution is -2.42. The summed E-state index contributed by atoms with van der Waals surface area (Å²) in [5.74, 6) is -3.35. The zero-order valence-electron chi connectivity index (χ0n) is 32.7. The molecule has 1 atom stereocenters. The Balaban J connectivity index is 0.000000429. The topological polar surface area (TPSA) is 438 Å². The fraction of sp³-hybridized carbons (Fsp3) is 0.400. The lowest BCUT2D eigenvalue weighted by Gasteiger charge is -2.27. The number of aliphatic hydroxyl groups is 1. The van der Waals surface area contributed by atoms with Gasteiger partial charge in [-0.25, -0.2) is 31.9 Å². The van der Waals surface area contributed by atoms with Crippen LogP contribution in [0.1, 0.15) is 31.3 Å². The minimum atomic E-state index is -4.07. The molecule has 2 aliphatic heterocycles. The molecule has 0 saturated carbocycles. The first-order chi connectivity index (χ1) is 28.2. The van der Waals surface area contributed by atoms with Gasteiger partial charge in [0, 0.05) is 25.2 Å². The molecule has 3 aromatic rings. The average Bonchev–Trinajstić information content (AvgIpc) is 3.62. The summed E-state index contributed by atoms with van der Waals surface area (Å²) in [5, 5.41) is 39.4. The molecule has 1 aromatic carbocycles. The number of ether oxygens (including phenoxy) is 2. The first-order valence-electron chi connectivity index (χ1n) is 16.8. The van der Waals surface area contributed by atoms with Crippen molar-refractivity contribution in [1.82, 2.24) is 28.8 Å². The van der Waals surface area contributed by atoms with Crippen molar-refractivity contribution in [2.75, 3.05) is 67.8 Å². The Kier molecular flexibility index (Phi) is 21.9. The van der Waals surface area contributed by atoms with Gasteiger partial charge in [-0.1, -0.05) is 23.2 Å². The Morgan fingerprint density at radius 1 is 1.10 bits per heavy atom. The van der Waals surface area contributed by atoms with Crippen molar-refractivity contribution >= 4 is 114 Å². The maximum absolute atomic E-state index is 11.6. The zero-order chi connectivity index (χ0) is 46.3. The summed E-state index contributed by atoms with van der Waals surface area (Å²) in [6.45, 7) is 9.82. The van der Waals surface area contributed by atoms with Crippen LogP contribution < -0.4 is 63.3 Å². The number of hydrogen-bond donors (Lipinski definition) is 9. The van der Waals surface area contributed by atoms with E-state index in [4.69, 9.17) is 60.7 Å². The summed E-state index contributed by atoms with van der Waals surface area (Å²) in [5.41, 5.74) is 20.7. The van der Waals surface area contributed by atoms with Crippen molar-refractivity contribution in [3.05, 3.63) is 40.2 Å². The Bertz CT molecular complexity index is 2290. The summed E-state index contributed by atoms with van der Waals surface area (Å²) >= 11 is 12.4. The number of nitrogens with one attached hydrogen (secondary N) is 3. The minimum absolute atomic E-state index is 0. The second-order valence-corrected chi connectivity index (χ2v) is 17.4. The Morgan fingerprint density at radius 2 is 1.69 bits per heavy atom. The second-order valence-electron chi connectivity index (χ2n) is 12.9. The number of aliphatic hydroxyl groups excluding tert-OH is 1. The van der Waals surface area contributed by atoms with E-state index in [2.05, 4.69) is 64.7 Å². The third kappa shape index (κ3) is 19.0. The fourth-order valence-corrected chi connectivity index (χ4v) is 7.15.